The van der Waals surface area contributed by atoms with E-state index in [2.05, 4.69) is 5.32 Å². The van der Waals surface area contributed by atoms with Gasteiger partial charge in [-0.25, -0.2) is 0 Å². The monoisotopic (exact) mass is 293 g/mol. The highest BCUT2D eigenvalue weighted by Gasteiger charge is 2.11. The molecule has 1 aromatic rings. The Labute approximate surface area is 116 Å². The number of hydrogen-bond acceptors (Lipinski definition) is 4. The van der Waals surface area contributed by atoms with Crippen LogP contribution < -0.4 is 5.32 Å². The molecule has 0 aliphatic rings. The summed E-state index contributed by atoms with van der Waals surface area (Å²) in [6, 6.07) is 4.99. The highest BCUT2D eigenvalue weighted by atomic mass is 35.5. The standard InChI is InChI=1S/C12H17Cl2NO3/c13-9-1-2-11(14)10(7-9)12(17)8-15-3-5-18-6-4-16/h1-2,7,12,15-17H,3-6,8H2. The number of aliphatic hydroxyl groups excluding tert-OH is 2. The molecule has 0 bridgehead atoms. The highest BCUT2D eigenvalue weighted by Crippen LogP contribution is 2.25. The number of nitrogens with one attached hydrogen (secondary N) is 1. The molecule has 0 saturated heterocycles. The van der Waals surface area contributed by atoms with Crippen LogP contribution in [-0.4, -0.2) is 43.1 Å². The number of halogens is 2. The minimum atomic E-state index is -0.714. The van der Waals surface area contributed by atoms with Gasteiger partial charge in [0.05, 0.1) is 25.9 Å². The first kappa shape index (κ1) is 15.7. The Morgan fingerprint density at radius 1 is 1.28 bits per heavy atom. The summed E-state index contributed by atoms with van der Waals surface area (Å²) in [5.41, 5.74) is 0.605. The van der Waals surface area contributed by atoms with Crippen LogP contribution in [0.25, 0.3) is 0 Å². The van der Waals surface area contributed by atoms with Crippen LogP contribution >= 0.6 is 23.2 Å². The second-order valence-electron chi connectivity index (χ2n) is 3.72. The topological polar surface area (TPSA) is 61.7 Å². The van der Waals surface area contributed by atoms with Gasteiger partial charge in [0.15, 0.2) is 0 Å². The normalized spacial score (nSPS) is 12.7. The van der Waals surface area contributed by atoms with Gasteiger partial charge in [0.25, 0.3) is 0 Å². The predicted octanol–water partition coefficient (Wildman–Crippen LogP) is 1.63. The number of ether oxygens (including phenoxy) is 1. The van der Waals surface area contributed by atoms with Gasteiger partial charge in [0.2, 0.25) is 0 Å². The largest absolute Gasteiger partial charge is 0.394 e. The average Bonchev–Trinajstić information content (AvgIpc) is 2.36. The Hall–Kier alpha value is -0.360. The lowest BCUT2D eigenvalue weighted by Gasteiger charge is -2.14. The quantitative estimate of drug-likeness (QED) is 0.638. The second-order valence-corrected chi connectivity index (χ2v) is 4.57. The third-order valence-electron chi connectivity index (χ3n) is 2.31. The summed E-state index contributed by atoms with van der Waals surface area (Å²) < 4.78 is 5.07. The smallest absolute Gasteiger partial charge is 0.0929 e. The zero-order chi connectivity index (χ0) is 13.4. The molecule has 6 heteroatoms. The Balaban J connectivity index is 2.31. The molecule has 0 aliphatic heterocycles. The summed E-state index contributed by atoms with van der Waals surface area (Å²) >= 11 is 11.8. The van der Waals surface area contributed by atoms with Gasteiger partial charge in [-0.05, 0) is 18.2 Å². The molecule has 1 aromatic carbocycles. The van der Waals surface area contributed by atoms with Crippen molar-refractivity contribution in [3.63, 3.8) is 0 Å². The molecule has 0 aromatic heterocycles. The Kier molecular flexibility index (Phi) is 7.58. The van der Waals surface area contributed by atoms with Crippen LogP contribution in [0.3, 0.4) is 0 Å². The van der Waals surface area contributed by atoms with Crippen molar-refractivity contribution in [2.75, 3.05) is 32.9 Å². The van der Waals surface area contributed by atoms with E-state index in [9.17, 15) is 5.11 Å². The number of benzene rings is 1. The van der Waals surface area contributed by atoms with Crippen molar-refractivity contribution in [1.29, 1.82) is 0 Å². The molecule has 18 heavy (non-hydrogen) atoms. The summed E-state index contributed by atoms with van der Waals surface area (Å²) in [4.78, 5) is 0. The average molecular weight is 294 g/mol. The third kappa shape index (κ3) is 5.52. The van der Waals surface area contributed by atoms with Crippen molar-refractivity contribution in [2.24, 2.45) is 0 Å². The molecule has 0 radical (unpaired) electrons. The molecule has 0 amide bonds. The summed E-state index contributed by atoms with van der Waals surface area (Å²) in [6.45, 7) is 1.78. The third-order valence-corrected chi connectivity index (χ3v) is 2.89. The summed E-state index contributed by atoms with van der Waals surface area (Å²) in [5, 5.41) is 22.5. The van der Waals surface area contributed by atoms with Gasteiger partial charge < -0.3 is 20.3 Å². The minimum absolute atomic E-state index is 0.0146. The number of hydrogen-bond donors (Lipinski definition) is 3. The van der Waals surface area contributed by atoms with E-state index in [4.69, 9.17) is 33.0 Å². The van der Waals surface area contributed by atoms with Crippen molar-refractivity contribution in [3.8, 4) is 0 Å². The molecule has 1 unspecified atom stereocenters. The van der Waals surface area contributed by atoms with E-state index in [1.165, 1.54) is 0 Å². The van der Waals surface area contributed by atoms with Crippen LogP contribution in [0.15, 0.2) is 18.2 Å². The van der Waals surface area contributed by atoms with Gasteiger partial charge in [0, 0.05) is 28.7 Å². The summed E-state index contributed by atoms with van der Waals surface area (Å²) in [6.07, 6.45) is -0.714. The van der Waals surface area contributed by atoms with Crippen LogP contribution in [0.1, 0.15) is 11.7 Å². The highest BCUT2D eigenvalue weighted by molar-refractivity contribution is 6.33. The second kappa shape index (κ2) is 8.69. The molecule has 1 atom stereocenters. The van der Waals surface area contributed by atoms with Crippen molar-refractivity contribution in [1.82, 2.24) is 5.32 Å². The van der Waals surface area contributed by atoms with Crippen molar-refractivity contribution < 1.29 is 14.9 Å². The Morgan fingerprint density at radius 2 is 2.06 bits per heavy atom. The van der Waals surface area contributed by atoms with E-state index < -0.39 is 6.10 Å². The zero-order valence-corrected chi connectivity index (χ0v) is 11.4. The lowest BCUT2D eigenvalue weighted by atomic mass is 10.1. The van der Waals surface area contributed by atoms with E-state index in [0.717, 1.165) is 0 Å². The molecule has 102 valence electrons. The molecule has 3 N–H and O–H groups in total. The molecule has 0 heterocycles. The summed E-state index contributed by atoms with van der Waals surface area (Å²) in [7, 11) is 0. The molecule has 0 spiro atoms. The molecular formula is C12H17Cl2NO3. The van der Waals surface area contributed by atoms with E-state index in [1.54, 1.807) is 18.2 Å². The molecule has 1 rings (SSSR count). The van der Waals surface area contributed by atoms with Gasteiger partial charge in [-0.1, -0.05) is 23.2 Å². The van der Waals surface area contributed by atoms with Crippen molar-refractivity contribution >= 4 is 23.2 Å². The zero-order valence-electron chi connectivity index (χ0n) is 9.90. The maximum atomic E-state index is 9.94. The van der Waals surface area contributed by atoms with E-state index >= 15 is 0 Å². The van der Waals surface area contributed by atoms with Crippen LogP contribution in [0.2, 0.25) is 10.0 Å². The number of aliphatic hydroxyl groups is 2. The first-order chi connectivity index (χ1) is 8.65. The van der Waals surface area contributed by atoms with E-state index in [1.807, 2.05) is 0 Å². The Bertz CT molecular complexity index is 363. The summed E-state index contributed by atoms with van der Waals surface area (Å²) in [5.74, 6) is 0. The fourth-order valence-electron chi connectivity index (χ4n) is 1.43. The molecule has 0 saturated carbocycles. The van der Waals surface area contributed by atoms with Crippen LogP contribution in [-0.2, 0) is 4.74 Å². The van der Waals surface area contributed by atoms with Crippen molar-refractivity contribution in [3.05, 3.63) is 33.8 Å². The molecule has 4 nitrogen and oxygen atoms in total. The maximum Gasteiger partial charge on any atom is 0.0929 e. The SMILES string of the molecule is OCCOCCNCC(O)c1cc(Cl)ccc1Cl. The van der Waals surface area contributed by atoms with Crippen LogP contribution in [0.4, 0.5) is 0 Å². The van der Waals surface area contributed by atoms with Gasteiger partial charge in [-0.15, -0.1) is 0 Å². The number of rotatable bonds is 8. The fraction of sp³-hybridized carbons (Fsp3) is 0.500. The fourth-order valence-corrected chi connectivity index (χ4v) is 1.85. The van der Waals surface area contributed by atoms with Gasteiger partial charge in [-0.2, -0.15) is 0 Å². The maximum absolute atomic E-state index is 9.94. The molecule has 0 aliphatic carbocycles. The first-order valence-corrected chi connectivity index (χ1v) is 6.43. The van der Waals surface area contributed by atoms with E-state index in [-0.39, 0.29) is 6.61 Å². The van der Waals surface area contributed by atoms with Crippen molar-refractivity contribution in [2.45, 2.75) is 6.10 Å². The van der Waals surface area contributed by atoms with Gasteiger partial charge >= 0.3 is 0 Å². The lowest BCUT2D eigenvalue weighted by Crippen LogP contribution is -2.25. The first-order valence-electron chi connectivity index (χ1n) is 5.67. The molecular weight excluding hydrogens is 277 g/mol. The Morgan fingerprint density at radius 3 is 2.78 bits per heavy atom. The van der Waals surface area contributed by atoms with Crippen LogP contribution in [0, 0.1) is 0 Å². The van der Waals surface area contributed by atoms with Gasteiger partial charge in [-0.3, -0.25) is 0 Å². The van der Waals surface area contributed by atoms with E-state index in [0.29, 0.717) is 41.9 Å². The molecule has 0 fully saturated rings. The minimum Gasteiger partial charge on any atom is -0.394 e. The van der Waals surface area contributed by atoms with Crippen LogP contribution in [0.5, 0.6) is 0 Å². The predicted molar refractivity (Wildman–Crippen MR) is 72.2 cm³/mol. The lowest BCUT2D eigenvalue weighted by molar-refractivity contribution is 0.0910. The van der Waals surface area contributed by atoms with Gasteiger partial charge in [0.1, 0.15) is 0 Å².